The highest BCUT2D eigenvalue weighted by molar-refractivity contribution is 8.00. The molecule has 2 N–H and O–H groups in total. The minimum absolute atomic E-state index is 0.0267. The van der Waals surface area contributed by atoms with Gasteiger partial charge in [-0.25, -0.2) is 13.2 Å². The van der Waals surface area contributed by atoms with E-state index in [1.54, 1.807) is 12.1 Å². The number of rotatable bonds is 5. The molecule has 6 nitrogen and oxygen atoms in total. The van der Waals surface area contributed by atoms with Crippen molar-refractivity contribution in [1.29, 1.82) is 5.26 Å². The maximum absolute atomic E-state index is 13.5. The van der Waals surface area contributed by atoms with Gasteiger partial charge in [-0.2, -0.15) is 5.26 Å². The van der Waals surface area contributed by atoms with Crippen molar-refractivity contribution in [1.82, 2.24) is 0 Å². The Balaban J connectivity index is 2.84. The fraction of sp³-hybridized carbons (Fsp3) is 0.360. The van der Waals surface area contributed by atoms with Gasteiger partial charge in [-0.05, 0) is 52.8 Å². The number of nitriles is 1. The number of nitrogens with zero attached hydrogens (tertiary/aromatic N) is 1. The molecule has 2 rings (SSSR count). The highest BCUT2D eigenvalue weighted by Gasteiger charge is 2.30. The molecule has 0 aliphatic rings. The number of phenols is 1. The van der Waals surface area contributed by atoms with Gasteiger partial charge in [0.15, 0.2) is 0 Å². The third-order valence-corrected chi connectivity index (χ3v) is 6.96. The Morgan fingerprint density at radius 3 is 1.81 bits per heavy atom. The smallest absolute Gasteiger partial charge is 0.335 e. The predicted octanol–water partition coefficient (Wildman–Crippen LogP) is 5.41. The molecule has 32 heavy (non-hydrogen) atoms. The van der Waals surface area contributed by atoms with Crippen LogP contribution in [-0.4, -0.2) is 24.6 Å². The molecular formula is C25H29NO5S. The van der Waals surface area contributed by atoms with Crippen LogP contribution < -0.4 is 0 Å². The highest BCUT2D eigenvalue weighted by Crippen LogP contribution is 2.42. The third kappa shape index (κ3) is 5.20. The Kier molecular flexibility index (Phi) is 6.91. The number of sulfone groups is 1. The van der Waals surface area contributed by atoms with Crippen molar-refractivity contribution < 1.29 is 23.4 Å². The van der Waals surface area contributed by atoms with E-state index in [1.165, 1.54) is 30.3 Å². The lowest BCUT2D eigenvalue weighted by atomic mass is 9.78. The molecule has 0 aliphatic carbocycles. The molecule has 0 heterocycles. The summed E-state index contributed by atoms with van der Waals surface area (Å²) in [5, 5.41) is 29.2. The molecule has 2 aromatic carbocycles. The average molecular weight is 456 g/mol. The standard InChI is InChI=1S/C25H29NO5S/c1-24(2,3)19-14-17(15-20(22(19)27)25(4,5)6)21(8-7-13-26)32(30,31)18-11-9-16(10-12-18)23(28)29/h8-12,14-15,27H,7H2,1-6H3,(H,28,29)/b21-8-. The SMILES string of the molecule is CC(C)(C)c1cc(/C(=C/CC#N)S(=O)(=O)c2ccc(C(=O)O)cc2)cc(C(C)(C)C)c1O. The summed E-state index contributed by atoms with van der Waals surface area (Å²) in [6.07, 6.45) is 1.23. The molecule has 0 spiro atoms. The zero-order valence-corrected chi connectivity index (χ0v) is 20.0. The molecule has 170 valence electrons. The van der Waals surface area contributed by atoms with Crippen LogP contribution in [0.15, 0.2) is 47.4 Å². The first-order valence-electron chi connectivity index (χ1n) is 10.1. The van der Waals surface area contributed by atoms with E-state index in [0.29, 0.717) is 16.7 Å². The minimum Gasteiger partial charge on any atom is -0.507 e. The summed E-state index contributed by atoms with van der Waals surface area (Å²) in [5.41, 5.74) is 0.607. The van der Waals surface area contributed by atoms with E-state index in [-0.39, 0.29) is 27.5 Å². The van der Waals surface area contributed by atoms with Gasteiger partial charge in [0.25, 0.3) is 0 Å². The number of hydrogen-bond acceptors (Lipinski definition) is 5. The van der Waals surface area contributed by atoms with Gasteiger partial charge < -0.3 is 10.2 Å². The number of carboxylic acid groups (broad SMARTS) is 1. The van der Waals surface area contributed by atoms with Crippen molar-refractivity contribution in [2.24, 2.45) is 0 Å². The van der Waals surface area contributed by atoms with Crippen LogP contribution in [-0.2, 0) is 20.7 Å². The van der Waals surface area contributed by atoms with E-state index in [9.17, 15) is 18.3 Å². The van der Waals surface area contributed by atoms with Crippen molar-refractivity contribution in [2.75, 3.05) is 0 Å². The van der Waals surface area contributed by atoms with Crippen LogP contribution in [0.3, 0.4) is 0 Å². The summed E-state index contributed by atoms with van der Waals surface area (Å²) in [4.78, 5) is 11.0. The molecule has 0 atom stereocenters. The molecule has 0 radical (unpaired) electrons. The monoisotopic (exact) mass is 455 g/mol. The second-order valence-corrected chi connectivity index (χ2v) is 11.6. The number of carboxylic acids is 1. The summed E-state index contributed by atoms with van der Waals surface area (Å²) in [7, 11) is -4.07. The molecular weight excluding hydrogens is 426 g/mol. The number of benzene rings is 2. The van der Waals surface area contributed by atoms with Crippen LogP contribution in [0, 0.1) is 11.3 Å². The number of aromatic hydroxyl groups is 1. The fourth-order valence-corrected chi connectivity index (χ4v) is 4.82. The first-order valence-corrected chi connectivity index (χ1v) is 11.6. The van der Waals surface area contributed by atoms with Gasteiger partial charge in [-0.1, -0.05) is 47.6 Å². The van der Waals surface area contributed by atoms with Crippen LogP contribution in [0.1, 0.15) is 75.0 Å². The predicted molar refractivity (Wildman–Crippen MR) is 124 cm³/mol. The molecule has 0 saturated carbocycles. The first kappa shape index (κ1) is 25.2. The molecule has 7 heteroatoms. The van der Waals surface area contributed by atoms with Crippen molar-refractivity contribution in [3.8, 4) is 11.8 Å². The second-order valence-electron chi connectivity index (χ2n) is 9.68. The summed E-state index contributed by atoms with van der Waals surface area (Å²) < 4.78 is 27.1. The third-order valence-electron chi connectivity index (χ3n) is 5.09. The molecule has 0 unspecified atom stereocenters. The average Bonchev–Trinajstić information content (AvgIpc) is 2.67. The number of allylic oxidation sites excluding steroid dienone is 1. The van der Waals surface area contributed by atoms with E-state index in [2.05, 4.69) is 0 Å². The van der Waals surface area contributed by atoms with Gasteiger partial charge in [0, 0.05) is 11.1 Å². The topological polar surface area (TPSA) is 115 Å². The zero-order chi connectivity index (χ0) is 24.5. The Morgan fingerprint density at radius 1 is 0.969 bits per heavy atom. The van der Waals surface area contributed by atoms with E-state index >= 15 is 0 Å². The zero-order valence-electron chi connectivity index (χ0n) is 19.2. The number of phenolic OH excluding ortho intramolecular Hbond substituents is 1. The van der Waals surface area contributed by atoms with E-state index in [4.69, 9.17) is 10.4 Å². The largest absolute Gasteiger partial charge is 0.507 e. The normalized spacial score (nSPS) is 13.0. The van der Waals surface area contributed by atoms with E-state index in [1.807, 2.05) is 47.6 Å². The van der Waals surface area contributed by atoms with Crippen LogP contribution in [0.4, 0.5) is 0 Å². The Hall–Kier alpha value is -3.11. The van der Waals surface area contributed by atoms with E-state index < -0.39 is 26.6 Å². The number of aromatic carboxylic acids is 1. The molecule has 2 aromatic rings. The minimum atomic E-state index is -4.07. The van der Waals surface area contributed by atoms with Crippen molar-refractivity contribution in [2.45, 2.75) is 63.7 Å². The maximum Gasteiger partial charge on any atom is 0.335 e. The highest BCUT2D eigenvalue weighted by atomic mass is 32.2. The summed E-state index contributed by atoms with van der Waals surface area (Å²) in [5.74, 6) is -1.03. The fourth-order valence-electron chi connectivity index (χ4n) is 3.34. The molecule has 0 aliphatic heterocycles. The Labute approximate surface area is 189 Å². The summed E-state index contributed by atoms with van der Waals surface area (Å²) >= 11 is 0. The van der Waals surface area contributed by atoms with Gasteiger partial charge in [-0.3, -0.25) is 0 Å². The van der Waals surface area contributed by atoms with E-state index in [0.717, 1.165) is 0 Å². The Morgan fingerprint density at radius 2 is 1.44 bits per heavy atom. The van der Waals surface area contributed by atoms with Gasteiger partial charge in [0.1, 0.15) is 5.75 Å². The summed E-state index contributed by atoms with van der Waals surface area (Å²) in [6, 6.07) is 10.2. The number of carbonyl (C=O) groups is 1. The number of hydrogen-bond donors (Lipinski definition) is 2. The quantitative estimate of drug-likeness (QED) is 0.622. The second kappa shape index (κ2) is 8.79. The maximum atomic E-state index is 13.5. The van der Waals surface area contributed by atoms with Gasteiger partial charge >= 0.3 is 5.97 Å². The first-order chi connectivity index (χ1) is 14.6. The molecule has 0 amide bonds. The van der Waals surface area contributed by atoms with Crippen LogP contribution >= 0.6 is 0 Å². The van der Waals surface area contributed by atoms with Crippen molar-refractivity contribution in [3.63, 3.8) is 0 Å². The lowest BCUT2D eigenvalue weighted by Gasteiger charge is -2.28. The van der Waals surface area contributed by atoms with Crippen LogP contribution in [0.25, 0.3) is 4.91 Å². The van der Waals surface area contributed by atoms with Crippen molar-refractivity contribution >= 4 is 20.7 Å². The molecule has 0 fully saturated rings. The van der Waals surface area contributed by atoms with Gasteiger partial charge in [-0.15, -0.1) is 0 Å². The molecule has 0 saturated heterocycles. The molecule has 0 bridgehead atoms. The lowest BCUT2D eigenvalue weighted by molar-refractivity contribution is 0.0696. The van der Waals surface area contributed by atoms with Gasteiger partial charge in [0.2, 0.25) is 9.84 Å². The Bertz CT molecular complexity index is 1170. The summed E-state index contributed by atoms with van der Waals surface area (Å²) in [6.45, 7) is 11.6. The van der Waals surface area contributed by atoms with Crippen LogP contribution in [0.2, 0.25) is 0 Å². The van der Waals surface area contributed by atoms with Crippen molar-refractivity contribution in [3.05, 3.63) is 64.7 Å². The lowest BCUT2D eigenvalue weighted by Crippen LogP contribution is -2.18. The molecule has 0 aromatic heterocycles. The van der Waals surface area contributed by atoms with Crippen LogP contribution in [0.5, 0.6) is 5.75 Å². The van der Waals surface area contributed by atoms with Gasteiger partial charge in [0.05, 0.1) is 27.9 Å².